The van der Waals surface area contributed by atoms with Gasteiger partial charge < -0.3 is 18.8 Å². The fourth-order valence-electron chi connectivity index (χ4n) is 2.97. The quantitative estimate of drug-likeness (QED) is 0.533. The minimum atomic E-state index is -0.682. The van der Waals surface area contributed by atoms with E-state index in [9.17, 15) is 9.59 Å². The summed E-state index contributed by atoms with van der Waals surface area (Å²) in [7, 11) is 0. The first-order valence-corrected chi connectivity index (χ1v) is 9.55. The molecular formula is C22H22N4O4. The predicted octanol–water partition coefficient (Wildman–Crippen LogP) is 3.15. The van der Waals surface area contributed by atoms with Gasteiger partial charge in [0.2, 0.25) is 0 Å². The van der Waals surface area contributed by atoms with Crippen molar-refractivity contribution in [1.82, 2.24) is 9.38 Å². The van der Waals surface area contributed by atoms with Gasteiger partial charge in [-0.1, -0.05) is 6.07 Å². The maximum absolute atomic E-state index is 12.7. The lowest BCUT2D eigenvalue weighted by Gasteiger charge is -2.21. The van der Waals surface area contributed by atoms with Crippen LogP contribution in [0.5, 0.6) is 5.75 Å². The highest BCUT2D eigenvalue weighted by molar-refractivity contribution is 5.96. The van der Waals surface area contributed by atoms with E-state index in [1.54, 1.807) is 40.9 Å². The Bertz CT molecular complexity index is 1080. The van der Waals surface area contributed by atoms with Crippen molar-refractivity contribution in [1.29, 1.82) is 5.26 Å². The van der Waals surface area contributed by atoms with E-state index in [0.717, 1.165) is 5.69 Å². The fraction of sp³-hybridized carbons (Fsp3) is 0.273. The molecule has 2 heterocycles. The molecule has 0 fully saturated rings. The first kappa shape index (κ1) is 20.9. The number of anilines is 1. The summed E-state index contributed by atoms with van der Waals surface area (Å²) in [5.41, 5.74) is 2.27. The lowest BCUT2D eigenvalue weighted by molar-refractivity contribution is -0.121. The van der Waals surface area contributed by atoms with Crippen molar-refractivity contribution in [3.05, 3.63) is 60.0 Å². The molecule has 0 saturated heterocycles. The number of nitriles is 1. The third-order valence-corrected chi connectivity index (χ3v) is 4.44. The van der Waals surface area contributed by atoms with Crippen LogP contribution in [0.25, 0.3) is 5.65 Å². The number of benzene rings is 1. The standard InChI is InChI=1S/C22H22N4O4/c1-3-29-18-10-8-17(9-11-18)25(13-5-12-23)21(27)15-30-22(28)19-14-26-16(2)6-4-7-20(26)24-19/h4,6-11,14H,3,5,13,15H2,1-2H3. The van der Waals surface area contributed by atoms with E-state index in [4.69, 9.17) is 14.7 Å². The zero-order chi connectivity index (χ0) is 21.5. The number of aryl methyl sites for hydroxylation is 1. The molecule has 0 saturated carbocycles. The van der Waals surface area contributed by atoms with Gasteiger partial charge in [0.1, 0.15) is 11.4 Å². The SMILES string of the molecule is CCOc1ccc(N(CCC#N)C(=O)COC(=O)c2cn3c(C)cccc3n2)cc1. The summed E-state index contributed by atoms with van der Waals surface area (Å²) in [6, 6.07) is 14.5. The highest BCUT2D eigenvalue weighted by atomic mass is 16.5. The molecule has 0 atom stereocenters. The van der Waals surface area contributed by atoms with Crippen LogP contribution < -0.4 is 9.64 Å². The average molecular weight is 406 g/mol. The van der Waals surface area contributed by atoms with Gasteiger partial charge in [-0.25, -0.2) is 9.78 Å². The van der Waals surface area contributed by atoms with Gasteiger partial charge in [-0.05, 0) is 50.2 Å². The van der Waals surface area contributed by atoms with Crippen molar-refractivity contribution in [3.8, 4) is 11.8 Å². The van der Waals surface area contributed by atoms with Gasteiger partial charge in [-0.3, -0.25) is 4.79 Å². The largest absolute Gasteiger partial charge is 0.494 e. The number of rotatable bonds is 8. The molecule has 30 heavy (non-hydrogen) atoms. The number of carbonyl (C=O) groups excluding carboxylic acids is 2. The van der Waals surface area contributed by atoms with E-state index < -0.39 is 18.5 Å². The highest BCUT2D eigenvalue weighted by Gasteiger charge is 2.20. The van der Waals surface area contributed by atoms with Crippen molar-refractivity contribution >= 4 is 23.2 Å². The Morgan fingerprint density at radius 2 is 1.97 bits per heavy atom. The van der Waals surface area contributed by atoms with Crippen molar-refractivity contribution in [3.63, 3.8) is 0 Å². The van der Waals surface area contributed by atoms with Crippen LogP contribution in [0.3, 0.4) is 0 Å². The number of hydrogen-bond donors (Lipinski definition) is 0. The Morgan fingerprint density at radius 3 is 2.63 bits per heavy atom. The zero-order valence-corrected chi connectivity index (χ0v) is 16.9. The molecule has 0 aliphatic carbocycles. The molecule has 1 amide bonds. The minimum absolute atomic E-state index is 0.127. The van der Waals surface area contributed by atoms with Gasteiger partial charge in [-0.15, -0.1) is 0 Å². The molecule has 8 heteroatoms. The lowest BCUT2D eigenvalue weighted by atomic mass is 10.2. The monoisotopic (exact) mass is 406 g/mol. The van der Waals surface area contributed by atoms with Gasteiger partial charge >= 0.3 is 5.97 Å². The van der Waals surface area contributed by atoms with Crippen LogP contribution in [0.4, 0.5) is 5.69 Å². The second-order valence-electron chi connectivity index (χ2n) is 6.48. The van der Waals surface area contributed by atoms with Crippen molar-refractivity contribution in [2.75, 3.05) is 24.7 Å². The van der Waals surface area contributed by atoms with E-state index in [1.165, 1.54) is 4.90 Å². The lowest BCUT2D eigenvalue weighted by Crippen LogP contribution is -2.35. The zero-order valence-electron chi connectivity index (χ0n) is 16.9. The summed E-state index contributed by atoms with van der Waals surface area (Å²) in [6.07, 6.45) is 1.73. The molecule has 0 unspecified atom stereocenters. The summed E-state index contributed by atoms with van der Waals surface area (Å²) in [5.74, 6) is -0.427. The highest BCUT2D eigenvalue weighted by Crippen LogP contribution is 2.20. The normalized spacial score (nSPS) is 10.4. The maximum atomic E-state index is 12.7. The summed E-state index contributed by atoms with van der Waals surface area (Å²) >= 11 is 0. The molecule has 154 valence electrons. The number of amides is 1. The predicted molar refractivity (Wildman–Crippen MR) is 110 cm³/mol. The number of esters is 1. The Morgan fingerprint density at radius 1 is 1.20 bits per heavy atom. The second-order valence-corrected chi connectivity index (χ2v) is 6.48. The molecule has 8 nitrogen and oxygen atoms in total. The number of pyridine rings is 1. The number of fused-ring (bicyclic) bond motifs is 1. The number of ether oxygens (including phenoxy) is 2. The van der Waals surface area contributed by atoms with E-state index in [1.807, 2.05) is 32.0 Å². The molecule has 0 bridgehead atoms. The average Bonchev–Trinajstić information content (AvgIpc) is 3.19. The molecule has 0 spiro atoms. The number of aromatic nitrogens is 2. The minimum Gasteiger partial charge on any atom is -0.494 e. The van der Waals surface area contributed by atoms with Crippen LogP contribution >= 0.6 is 0 Å². The summed E-state index contributed by atoms with van der Waals surface area (Å²) < 4.78 is 12.4. The number of imidazole rings is 1. The molecule has 0 aliphatic rings. The number of hydrogen-bond acceptors (Lipinski definition) is 6. The molecule has 2 aromatic heterocycles. The number of nitrogens with zero attached hydrogens (tertiary/aromatic N) is 4. The molecule has 0 radical (unpaired) electrons. The third-order valence-electron chi connectivity index (χ3n) is 4.44. The second kappa shape index (κ2) is 9.56. The molecular weight excluding hydrogens is 384 g/mol. The first-order chi connectivity index (χ1) is 14.5. The van der Waals surface area contributed by atoms with Crippen LogP contribution in [-0.2, 0) is 9.53 Å². The van der Waals surface area contributed by atoms with E-state index in [2.05, 4.69) is 4.98 Å². The topological polar surface area (TPSA) is 96.9 Å². The Balaban J connectivity index is 1.69. The van der Waals surface area contributed by atoms with Gasteiger partial charge in [0.25, 0.3) is 5.91 Å². The van der Waals surface area contributed by atoms with Crippen molar-refractivity contribution in [2.45, 2.75) is 20.3 Å². The van der Waals surface area contributed by atoms with Crippen LogP contribution in [0.15, 0.2) is 48.7 Å². The molecule has 0 aliphatic heterocycles. The Kier molecular flexibility index (Phi) is 6.65. The first-order valence-electron chi connectivity index (χ1n) is 9.55. The molecule has 3 aromatic rings. The molecule has 3 rings (SSSR count). The summed E-state index contributed by atoms with van der Waals surface area (Å²) in [6.45, 7) is 4.06. The summed E-state index contributed by atoms with van der Waals surface area (Å²) in [4.78, 5) is 30.7. The van der Waals surface area contributed by atoms with Gasteiger partial charge in [0, 0.05) is 24.1 Å². The van der Waals surface area contributed by atoms with Crippen molar-refractivity contribution < 1.29 is 19.1 Å². The van der Waals surface area contributed by atoms with E-state index in [-0.39, 0.29) is 18.7 Å². The Labute approximate surface area is 174 Å². The Hall–Kier alpha value is -3.86. The van der Waals surface area contributed by atoms with E-state index >= 15 is 0 Å². The maximum Gasteiger partial charge on any atom is 0.359 e. The van der Waals surface area contributed by atoms with E-state index in [0.29, 0.717) is 23.7 Å². The molecule has 1 aromatic carbocycles. The fourth-order valence-corrected chi connectivity index (χ4v) is 2.97. The summed E-state index contributed by atoms with van der Waals surface area (Å²) in [5, 5.41) is 8.91. The van der Waals surface area contributed by atoms with Crippen LogP contribution in [-0.4, -0.2) is 41.0 Å². The number of carbonyl (C=O) groups is 2. The smallest absolute Gasteiger partial charge is 0.359 e. The van der Waals surface area contributed by atoms with Crippen LogP contribution in [0, 0.1) is 18.3 Å². The van der Waals surface area contributed by atoms with Gasteiger partial charge in [0.15, 0.2) is 12.3 Å². The van der Waals surface area contributed by atoms with Gasteiger partial charge in [-0.2, -0.15) is 5.26 Å². The van der Waals surface area contributed by atoms with Crippen molar-refractivity contribution in [2.24, 2.45) is 0 Å². The van der Waals surface area contributed by atoms with Gasteiger partial charge in [0.05, 0.1) is 19.1 Å². The van der Waals surface area contributed by atoms with Crippen LogP contribution in [0.2, 0.25) is 0 Å². The third kappa shape index (κ3) is 4.75. The van der Waals surface area contributed by atoms with Crippen LogP contribution in [0.1, 0.15) is 29.5 Å². The molecule has 0 N–H and O–H groups in total.